The lowest BCUT2D eigenvalue weighted by Gasteiger charge is -2.18. The molecule has 0 amide bonds. The number of carbonyl (C=O) groups excluding carboxylic acids is 3. The molecule has 1 atom stereocenters. The molecule has 0 bridgehead atoms. The Morgan fingerprint density at radius 3 is 0.805 bits per heavy atom. The van der Waals surface area contributed by atoms with Gasteiger partial charge in [-0.3, -0.25) is 14.4 Å². The van der Waals surface area contributed by atoms with E-state index in [1.807, 2.05) is 0 Å². The van der Waals surface area contributed by atoms with Crippen molar-refractivity contribution in [3.05, 3.63) is 158 Å². The van der Waals surface area contributed by atoms with Crippen LogP contribution in [-0.4, -0.2) is 37.2 Å². The van der Waals surface area contributed by atoms with E-state index >= 15 is 0 Å². The minimum absolute atomic E-state index is 0.110. The van der Waals surface area contributed by atoms with Gasteiger partial charge >= 0.3 is 17.9 Å². The molecule has 6 nitrogen and oxygen atoms in total. The van der Waals surface area contributed by atoms with E-state index in [1.165, 1.54) is 38.5 Å². The Hall–Kier alpha value is -4.97. The molecule has 0 N–H and O–H groups in total. The number of ether oxygens (including phenoxy) is 3. The molecule has 0 heterocycles. The van der Waals surface area contributed by atoms with Crippen molar-refractivity contribution in [1.82, 2.24) is 0 Å². The summed E-state index contributed by atoms with van der Waals surface area (Å²) in [6.45, 7) is 6.33. The first-order valence-electron chi connectivity index (χ1n) is 31.0. The van der Waals surface area contributed by atoms with E-state index in [0.717, 1.165) is 173 Å². The van der Waals surface area contributed by atoms with Crippen LogP contribution < -0.4 is 0 Å². The summed E-state index contributed by atoms with van der Waals surface area (Å²) in [7, 11) is 0. The maximum Gasteiger partial charge on any atom is 0.306 e. The molecule has 0 aliphatic carbocycles. The number of rotatable bonds is 54. The second kappa shape index (κ2) is 63.6. The molecule has 0 fully saturated rings. The molecule has 0 rings (SSSR count). The van der Waals surface area contributed by atoms with Gasteiger partial charge in [0.25, 0.3) is 0 Å². The van der Waals surface area contributed by atoms with Gasteiger partial charge in [-0.2, -0.15) is 0 Å². The smallest absolute Gasteiger partial charge is 0.306 e. The highest BCUT2D eigenvalue weighted by Gasteiger charge is 2.19. The molecule has 77 heavy (non-hydrogen) atoms. The number of hydrogen-bond donors (Lipinski definition) is 0. The molecular weight excluding hydrogens is 949 g/mol. The van der Waals surface area contributed by atoms with Crippen LogP contribution in [0.4, 0.5) is 0 Å². The van der Waals surface area contributed by atoms with Crippen molar-refractivity contribution in [1.29, 1.82) is 0 Å². The highest BCUT2D eigenvalue weighted by Crippen LogP contribution is 2.13. The summed E-state index contributed by atoms with van der Waals surface area (Å²) >= 11 is 0. The summed E-state index contributed by atoms with van der Waals surface area (Å²) in [6.07, 6.45) is 92.3. The van der Waals surface area contributed by atoms with Gasteiger partial charge in [-0.05, 0) is 148 Å². The average molecular weight is 1060 g/mol. The highest BCUT2D eigenvalue weighted by molar-refractivity contribution is 5.71. The Morgan fingerprint density at radius 2 is 0.506 bits per heavy atom. The van der Waals surface area contributed by atoms with Gasteiger partial charge in [0, 0.05) is 19.3 Å². The maximum atomic E-state index is 12.9. The predicted molar refractivity (Wildman–Crippen MR) is 334 cm³/mol. The molecule has 1 unspecified atom stereocenters. The van der Waals surface area contributed by atoms with E-state index in [4.69, 9.17) is 14.2 Å². The minimum atomic E-state index is -0.816. The summed E-state index contributed by atoms with van der Waals surface area (Å²) in [4.78, 5) is 38.3. The molecule has 6 heteroatoms. The summed E-state index contributed by atoms with van der Waals surface area (Å²) < 4.78 is 16.9. The van der Waals surface area contributed by atoms with Crippen molar-refractivity contribution in [2.45, 2.75) is 258 Å². The molecule has 0 aromatic rings. The monoisotopic (exact) mass is 1060 g/mol. The van der Waals surface area contributed by atoms with Crippen molar-refractivity contribution in [2.75, 3.05) is 13.2 Å². The second-order valence-corrected chi connectivity index (χ2v) is 19.8. The highest BCUT2D eigenvalue weighted by atomic mass is 16.6. The van der Waals surface area contributed by atoms with Gasteiger partial charge in [0.1, 0.15) is 13.2 Å². The van der Waals surface area contributed by atoms with Gasteiger partial charge in [0.05, 0.1) is 0 Å². The van der Waals surface area contributed by atoms with Crippen LogP contribution in [0.3, 0.4) is 0 Å². The topological polar surface area (TPSA) is 78.9 Å². The van der Waals surface area contributed by atoms with Crippen molar-refractivity contribution in [2.24, 2.45) is 0 Å². The Balaban J connectivity index is 4.51. The molecule has 0 aromatic heterocycles. The fourth-order valence-electron chi connectivity index (χ4n) is 7.91. The zero-order valence-electron chi connectivity index (χ0n) is 49.4. The summed E-state index contributed by atoms with van der Waals surface area (Å²) in [5.41, 5.74) is 0. The number of allylic oxidation sites excluding steroid dienone is 26. The summed E-state index contributed by atoms with van der Waals surface area (Å²) in [5.74, 6) is -0.977. The van der Waals surface area contributed by atoms with Crippen molar-refractivity contribution in [3.8, 4) is 0 Å². The minimum Gasteiger partial charge on any atom is -0.462 e. The van der Waals surface area contributed by atoms with Crippen LogP contribution in [0.2, 0.25) is 0 Å². The van der Waals surface area contributed by atoms with Gasteiger partial charge in [0.2, 0.25) is 0 Å². The van der Waals surface area contributed by atoms with Crippen molar-refractivity contribution < 1.29 is 28.6 Å². The zero-order valence-corrected chi connectivity index (χ0v) is 49.4. The Bertz CT molecular complexity index is 1740. The van der Waals surface area contributed by atoms with E-state index in [1.54, 1.807) is 0 Å². The fourth-order valence-corrected chi connectivity index (χ4v) is 7.91. The fraction of sp³-hybridized carbons (Fsp3) is 0.592. The van der Waals surface area contributed by atoms with Gasteiger partial charge in [-0.15, -0.1) is 0 Å². The van der Waals surface area contributed by atoms with Crippen LogP contribution in [0, 0.1) is 0 Å². The third-order valence-electron chi connectivity index (χ3n) is 12.5. The van der Waals surface area contributed by atoms with Gasteiger partial charge in [-0.25, -0.2) is 0 Å². The standard InChI is InChI=1S/C71H112O6/c1-4-7-10-13-16-19-22-25-28-30-32-33-34-35-36-37-39-40-43-46-49-52-55-58-61-64-70(73)76-67-68(66-75-69(72)63-60-57-54-51-48-45-42-27-24-21-18-15-12-9-6-3)77-71(74)65-62-59-56-53-50-47-44-41-38-31-29-26-23-20-17-14-11-8-5-2/h7,9-10,12,16-21,25-29,32-33,35-36,38-42,46,49,68H,4-6,8,11,13-15,22-24,30-31,34,37,43-45,47-48,50-67H2,1-3H3/b10-7-,12-9-,19-16-,20-17-,21-18-,28-25-,29-26-,33-32-,36-35-,40-39-,41-38-,42-27-,49-46-. The lowest BCUT2D eigenvalue weighted by Crippen LogP contribution is -2.30. The van der Waals surface area contributed by atoms with E-state index in [0.29, 0.717) is 19.3 Å². The van der Waals surface area contributed by atoms with Crippen LogP contribution in [0.1, 0.15) is 252 Å². The van der Waals surface area contributed by atoms with Crippen molar-refractivity contribution in [3.63, 3.8) is 0 Å². The van der Waals surface area contributed by atoms with E-state index in [9.17, 15) is 14.4 Å². The quantitative estimate of drug-likeness (QED) is 0.0261. The number of unbranched alkanes of at least 4 members (excludes halogenated alkanes) is 17. The third kappa shape index (κ3) is 61.8. The zero-order chi connectivity index (χ0) is 55.7. The molecule has 0 aromatic carbocycles. The summed E-state index contributed by atoms with van der Waals surface area (Å²) in [6, 6.07) is 0. The predicted octanol–water partition coefficient (Wildman–Crippen LogP) is 21.3. The molecule has 0 saturated heterocycles. The molecule has 0 aliphatic heterocycles. The SMILES string of the molecule is CC/C=C\C/C=C\C/C=C\C/C=C\C/C=C\C/C=C\C/C=C\CCCCCC(=O)OCC(COC(=O)CCCCCCC/C=C\C/C=C\C/C=C\CC)OC(=O)CCCCCCCC/C=C\C/C=C\C/C=C\CCCCC. The van der Waals surface area contributed by atoms with E-state index in [2.05, 4.69) is 179 Å². The molecule has 432 valence electrons. The average Bonchev–Trinajstić information content (AvgIpc) is 3.43. The molecule has 0 spiro atoms. The lowest BCUT2D eigenvalue weighted by molar-refractivity contribution is -0.167. The van der Waals surface area contributed by atoms with E-state index in [-0.39, 0.29) is 31.1 Å². The van der Waals surface area contributed by atoms with Gasteiger partial charge in [-0.1, -0.05) is 243 Å². The van der Waals surface area contributed by atoms with Crippen LogP contribution in [-0.2, 0) is 28.6 Å². The third-order valence-corrected chi connectivity index (χ3v) is 12.5. The van der Waals surface area contributed by atoms with Crippen LogP contribution in [0.15, 0.2) is 158 Å². The van der Waals surface area contributed by atoms with E-state index < -0.39 is 6.10 Å². The molecular formula is C71H112O6. The number of esters is 3. The van der Waals surface area contributed by atoms with Gasteiger partial charge in [0.15, 0.2) is 6.10 Å². The lowest BCUT2D eigenvalue weighted by atomic mass is 10.1. The van der Waals surface area contributed by atoms with Gasteiger partial charge < -0.3 is 14.2 Å². The molecule has 0 radical (unpaired) electrons. The maximum absolute atomic E-state index is 12.9. The Morgan fingerprint density at radius 1 is 0.273 bits per heavy atom. The first-order valence-corrected chi connectivity index (χ1v) is 31.0. The van der Waals surface area contributed by atoms with Crippen LogP contribution in [0.5, 0.6) is 0 Å². The summed E-state index contributed by atoms with van der Waals surface area (Å²) in [5, 5.41) is 0. The Kier molecular flexibility index (Phi) is 59.5. The van der Waals surface area contributed by atoms with Crippen LogP contribution in [0.25, 0.3) is 0 Å². The second-order valence-electron chi connectivity index (χ2n) is 19.8. The number of carbonyl (C=O) groups is 3. The largest absolute Gasteiger partial charge is 0.462 e. The van der Waals surface area contributed by atoms with Crippen molar-refractivity contribution >= 4 is 17.9 Å². The first-order chi connectivity index (χ1) is 38.0. The molecule has 0 aliphatic rings. The normalized spacial score (nSPS) is 13.2. The van der Waals surface area contributed by atoms with Crippen LogP contribution >= 0.6 is 0 Å². The Labute approximate surface area is 473 Å². The first kappa shape index (κ1) is 72.0. The number of hydrogen-bond acceptors (Lipinski definition) is 6. The molecule has 0 saturated carbocycles.